The number of nitrogens with one attached hydrogen (secondary N) is 2. The molecule has 0 radical (unpaired) electrons. The van der Waals surface area contributed by atoms with E-state index in [1.807, 2.05) is 13.8 Å². The van der Waals surface area contributed by atoms with Gasteiger partial charge in [0.2, 0.25) is 5.91 Å². The second kappa shape index (κ2) is 7.49. The molecule has 0 aromatic heterocycles. The van der Waals surface area contributed by atoms with Crippen LogP contribution in [0.5, 0.6) is 0 Å². The number of hydrogen-bond acceptors (Lipinski definition) is 4. The quantitative estimate of drug-likeness (QED) is 0.621. The first-order valence-corrected chi connectivity index (χ1v) is 8.07. The number of carbonyl (C=O) groups is 3. The van der Waals surface area contributed by atoms with Crippen molar-refractivity contribution in [2.24, 2.45) is 5.73 Å². The summed E-state index contributed by atoms with van der Waals surface area (Å²) >= 11 is 0. The van der Waals surface area contributed by atoms with Crippen molar-refractivity contribution in [2.45, 2.75) is 63.5 Å². The average molecular weight is 347 g/mol. The number of nitrogens with two attached hydrogens (primary N) is 1. The third kappa shape index (κ3) is 3.61. The molecule has 4 N–H and O–H groups in total. The number of imide groups is 1. The van der Waals surface area contributed by atoms with Crippen molar-refractivity contribution in [1.82, 2.24) is 15.5 Å². The number of rotatable bonds is 6. The number of hydrogen-bond donors (Lipinski definition) is 3. The van der Waals surface area contributed by atoms with Gasteiger partial charge in [0.15, 0.2) is 0 Å². The normalized spacial score (nSPS) is 19.7. The molecule has 23 heavy (non-hydrogen) atoms. The van der Waals surface area contributed by atoms with Gasteiger partial charge in [-0.2, -0.15) is 0 Å². The molecule has 0 aromatic rings. The van der Waals surface area contributed by atoms with Gasteiger partial charge < -0.3 is 16.4 Å². The highest BCUT2D eigenvalue weighted by Crippen LogP contribution is 2.34. The molecule has 4 amide bonds. The van der Waals surface area contributed by atoms with E-state index in [9.17, 15) is 14.4 Å². The Morgan fingerprint density at radius 3 is 2.35 bits per heavy atom. The van der Waals surface area contributed by atoms with Crippen LogP contribution in [0.4, 0.5) is 4.79 Å². The zero-order valence-electron chi connectivity index (χ0n) is 13.8. The predicted octanol–water partition coefficient (Wildman–Crippen LogP) is 0.907. The van der Waals surface area contributed by atoms with Crippen molar-refractivity contribution >= 4 is 30.3 Å². The van der Waals surface area contributed by atoms with Gasteiger partial charge in [0, 0.05) is 6.54 Å². The Hall–Kier alpha value is -1.34. The number of nitrogens with zero attached hydrogens (tertiary/aromatic N) is 1. The topological polar surface area (TPSA) is 105 Å². The van der Waals surface area contributed by atoms with Crippen LogP contribution in [-0.4, -0.2) is 46.9 Å². The van der Waals surface area contributed by atoms with Crippen molar-refractivity contribution in [2.75, 3.05) is 13.1 Å². The molecule has 1 saturated carbocycles. The minimum absolute atomic E-state index is 0. The Morgan fingerprint density at radius 1 is 1.30 bits per heavy atom. The molecule has 8 heteroatoms. The molecule has 0 atom stereocenters. The van der Waals surface area contributed by atoms with Crippen LogP contribution < -0.4 is 16.4 Å². The molecule has 1 spiro atoms. The molecule has 7 nitrogen and oxygen atoms in total. The van der Waals surface area contributed by atoms with Crippen molar-refractivity contribution in [3.63, 3.8) is 0 Å². The molecular weight excluding hydrogens is 320 g/mol. The zero-order chi connectivity index (χ0) is 16.4. The van der Waals surface area contributed by atoms with Gasteiger partial charge in [-0.3, -0.25) is 14.5 Å². The highest BCUT2D eigenvalue weighted by atomic mass is 35.5. The Bertz CT molecular complexity index is 465. The zero-order valence-corrected chi connectivity index (χ0v) is 14.6. The molecule has 0 unspecified atom stereocenters. The van der Waals surface area contributed by atoms with Gasteiger partial charge in [0.05, 0.1) is 5.54 Å². The molecule has 1 heterocycles. The van der Waals surface area contributed by atoms with Gasteiger partial charge in [-0.1, -0.05) is 26.7 Å². The second-order valence-electron chi connectivity index (χ2n) is 6.35. The largest absolute Gasteiger partial charge is 0.348 e. The summed E-state index contributed by atoms with van der Waals surface area (Å²) in [6.07, 6.45) is 4.58. The molecule has 2 aliphatic rings. The van der Waals surface area contributed by atoms with E-state index in [1.54, 1.807) is 0 Å². The number of urea groups is 1. The monoisotopic (exact) mass is 346 g/mol. The summed E-state index contributed by atoms with van der Waals surface area (Å²) in [4.78, 5) is 37.8. The minimum atomic E-state index is -0.766. The maximum atomic E-state index is 12.5. The molecule has 0 aromatic carbocycles. The van der Waals surface area contributed by atoms with Crippen LogP contribution in [0.1, 0.15) is 52.4 Å². The van der Waals surface area contributed by atoms with Crippen LogP contribution in [0.15, 0.2) is 0 Å². The van der Waals surface area contributed by atoms with Gasteiger partial charge in [0.1, 0.15) is 12.1 Å². The van der Waals surface area contributed by atoms with Crippen molar-refractivity contribution < 1.29 is 14.4 Å². The SMILES string of the molecule is CCC(CC)(CN)NC(=O)CN1C(=O)NC2(CCCC2)C1=O.Cl. The maximum Gasteiger partial charge on any atom is 0.325 e. The lowest BCUT2D eigenvalue weighted by molar-refractivity contribution is -0.135. The Balaban J connectivity index is 0.00000264. The van der Waals surface area contributed by atoms with Gasteiger partial charge >= 0.3 is 6.03 Å². The third-order valence-electron chi connectivity index (χ3n) is 5.15. The third-order valence-corrected chi connectivity index (χ3v) is 5.15. The fourth-order valence-electron chi connectivity index (χ4n) is 3.38. The smallest absolute Gasteiger partial charge is 0.325 e. The van der Waals surface area contributed by atoms with Crippen LogP contribution >= 0.6 is 12.4 Å². The summed E-state index contributed by atoms with van der Waals surface area (Å²) in [5.41, 5.74) is 4.52. The predicted molar refractivity (Wildman–Crippen MR) is 89.2 cm³/mol. The lowest BCUT2D eigenvalue weighted by Crippen LogP contribution is -2.55. The van der Waals surface area contributed by atoms with E-state index in [4.69, 9.17) is 5.73 Å². The lowest BCUT2D eigenvalue weighted by atomic mass is 9.93. The maximum absolute atomic E-state index is 12.5. The van der Waals surface area contributed by atoms with Gasteiger partial charge in [-0.25, -0.2) is 4.79 Å². The van der Waals surface area contributed by atoms with E-state index < -0.39 is 17.1 Å². The van der Waals surface area contributed by atoms with Crippen molar-refractivity contribution in [3.05, 3.63) is 0 Å². The lowest BCUT2D eigenvalue weighted by Gasteiger charge is -2.32. The Kier molecular flexibility index (Phi) is 6.41. The fraction of sp³-hybridized carbons (Fsp3) is 0.800. The van der Waals surface area contributed by atoms with Crippen molar-refractivity contribution in [1.29, 1.82) is 0 Å². The van der Waals surface area contributed by atoms with E-state index in [0.717, 1.165) is 17.7 Å². The molecular formula is C15H27ClN4O3. The summed E-state index contributed by atoms with van der Waals surface area (Å²) in [6.45, 7) is 4.00. The second-order valence-corrected chi connectivity index (χ2v) is 6.35. The van der Waals surface area contributed by atoms with Gasteiger partial charge in [-0.15, -0.1) is 12.4 Å². The van der Waals surface area contributed by atoms with Crippen LogP contribution in [0.3, 0.4) is 0 Å². The summed E-state index contributed by atoms with van der Waals surface area (Å²) in [7, 11) is 0. The first-order valence-electron chi connectivity index (χ1n) is 8.07. The molecule has 0 bridgehead atoms. The standard InChI is InChI=1S/C15H26N4O3.ClH/c1-3-14(4-2,10-16)17-11(20)9-19-12(21)15(18-13(19)22)7-5-6-8-15;/h3-10,16H2,1-2H3,(H,17,20)(H,18,22);1H. The van der Waals surface area contributed by atoms with E-state index >= 15 is 0 Å². The van der Waals surface area contributed by atoms with Crippen LogP contribution in [0.25, 0.3) is 0 Å². The molecule has 1 saturated heterocycles. The fourth-order valence-corrected chi connectivity index (χ4v) is 3.38. The molecule has 2 rings (SSSR count). The highest BCUT2D eigenvalue weighted by Gasteiger charge is 2.52. The van der Waals surface area contributed by atoms with E-state index in [0.29, 0.717) is 32.2 Å². The van der Waals surface area contributed by atoms with Crippen molar-refractivity contribution in [3.8, 4) is 0 Å². The van der Waals surface area contributed by atoms with Crippen LogP contribution in [0.2, 0.25) is 0 Å². The number of halogens is 1. The summed E-state index contributed by atoms with van der Waals surface area (Å²) < 4.78 is 0. The Morgan fingerprint density at radius 2 is 1.87 bits per heavy atom. The molecule has 2 fully saturated rings. The summed E-state index contributed by atoms with van der Waals surface area (Å²) in [5.74, 6) is -0.607. The molecule has 132 valence electrons. The first-order chi connectivity index (χ1) is 10.4. The minimum Gasteiger partial charge on any atom is -0.348 e. The van der Waals surface area contributed by atoms with E-state index in [1.165, 1.54) is 0 Å². The van der Waals surface area contributed by atoms with E-state index in [-0.39, 0.29) is 30.8 Å². The average Bonchev–Trinajstić information content (AvgIpc) is 3.06. The summed E-state index contributed by atoms with van der Waals surface area (Å²) in [5, 5.41) is 5.66. The first kappa shape index (κ1) is 19.7. The number of carbonyl (C=O) groups excluding carboxylic acids is 3. The van der Waals surface area contributed by atoms with Gasteiger partial charge in [-0.05, 0) is 25.7 Å². The number of amides is 4. The van der Waals surface area contributed by atoms with Crippen LogP contribution in [0, 0.1) is 0 Å². The molecule has 1 aliphatic heterocycles. The Labute approximate surface area is 143 Å². The van der Waals surface area contributed by atoms with E-state index in [2.05, 4.69) is 10.6 Å². The van der Waals surface area contributed by atoms with Gasteiger partial charge in [0.25, 0.3) is 5.91 Å². The summed E-state index contributed by atoms with van der Waals surface area (Å²) in [6, 6.07) is -0.464. The van der Waals surface area contributed by atoms with Crippen LogP contribution in [-0.2, 0) is 9.59 Å². The molecule has 1 aliphatic carbocycles. The highest BCUT2D eigenvalue weighted by molar-refractivity contribution is 6.09.